The summed E-state index contributed by atoms with van der Waals surface area (Å²) in [7, 11) is 0. The number of nitrogens with one attached hydrogen (secondary N) is 2. The number of unbranched alkanes of at least 4 members (excludes halogenated alkanes) is 1. The lowest BCUT2D eigenvalue weighted by Crippen LogP contribution is -2.38. The normalized spacial score (nSPS) is 12.5. The van der Waals surface area contributed by atoms with Crippen LogP contribution in [0, 0.1) is 0 Å². The highest BCUT2D eigenvalue weighted by Crippen LogP contribution is 2.19. The molecule has 26 heavy (non-hydrogen) atoms. The van der Waals surface area contributed by atoms with E-state index in [1.54, 1.807) is 0 Å². The van der Waals surface area contributed by atoms with E-state index in [9.17, 15) is 5.11 Å². The van der Waals surface area contributed by atoms with Crippen molar-refractivity contribution in [1.29, 1.82) is 0 Å². The number of hydrogen-bond donors (Lipinski definition) is 3. The quantitative estimate of drug-likeness (QED) is 0.189. The minimum absolute atomic E-state index is 0. The van der Waals surface area contributed by atoms with Crippen LogP contribution in [-0.4, -0.2) is 48.8 Å². The minimum Gasteiger partial charge on any atom is -0.491 e. The Bertz CT molecular complexity index is 498. The Morgan fingerprint density at radius 3 is 2.46 bits per heavy atom. The molecule has 0 fully saturated rings. The van der Waals surface area contributed by atoms with Crippen LogP contribution >= 0.6 is 35.7 Å². The van der Waals surface area contributed by atoms with Crippen LogP contribution in [0.4, 0.5) is 0 Å². The first kappa shape index (κ1) is 25.3. The van der Waals surface area contributed by atoms with Crippen molar-refractivity contribution in [3.05, 3.63) is 29.8 Å². The zero-order valence-corrected chi connectivity index (χ0v) is 19.5. The second-order valence-electron chi connectivity index (χ2n) is 6.10. The van der Waals surface area contributed by atoms with Gasteiger partial charge in [0, 0.05) is 13.1 Å². The third kappa shape index (κ3) is 11.1. The molecule has 0 radical (unpaired) electrons. The molecule has 5 nitrogen and oxygen atoms in total. The fraction of sp³-hybridized carbons (Fsp3) is 0.632. The third-order valence-electron chi connectivity index (χ3n) is 3.47. The summed E-state index contributed by atoms with van der Waals surface area (Å²) in [5.41, 5.74) is 0.843. The highest BCUT2D eigenvalue weighted by atomic mass is 127. The van der Waals surface area contributed by atoms with Gasteiger partial charge in [0.15, 0.2) is 5.96 Å². The molecule has 1 aromatic rings. The summed E-state index contributed by atoms with van der Waals surface area (Å²) in [6.45, 7) is 8.04. The number of nitrogens with zero attached hydrogens (tertiary/aromatic N) is 1. The Hall–Kier alpha value is -0.670. The number of thioether (sulfide) groups is 1. The summed E-state index contributed by atoms with van der Waals surface area (Å²) in [5, 5.41) is 16.9. The van der Waals surface area contributed by atoms with E-state index in [0.29, 0.717) is 6.54 Å². The molecule has 0 aliphatic rings. The average molecular weight is 495 g/mol. The van der Waals surface area contributed by atoms with Crippen molar-refractivity contribution >= 4 is 41.7 Å². The van der Waals surface area contributed by atoms with E-state index in [2.05, 4.69) is 21.9 Å². The lowest BCUT2D eigenvalue weighted by atomic mass is 10.1. The predicted octanol–water partition coefficient (Wildman–Crippen LogP) is 3.82. The molecule has 0 spiro atoms. The van der Waals surface area contributed by atoms with Crippen molar-refractivity contribution in [1.82, 2.24) is 10.6 Å². The number of rotatable bonds is 11. The summed E-state index contributed by atoms with van der Waals surface area (Å²) in [5.74, 6) is 2.75. The van der Waals surface area contributed by atoms with Crippen molar-refractivity contribution < 1.29 is 9.84 Å². The molecule has 3 N–H and O–H groups in total. The summed E-state index contributed by atoms with van der Waals surface area (Å²) in [6.07, 6.45) is 3.96. The maximum Gasteiger partial charge on any atom is 0.191 e. The largest absolute Gasteiger partial charge is 0.491 e. The Morgan fingerprint density at radius 2 is 1.88 bits per heavy atom. The van der Waals surface area contributed by atoms with Crippen LogP contribution in [0.5, 0.6) is 5.75 Å². The smallest absolute Gasteiger partial charge is 0.191 e. The molecule has 1 rings (SSSR count). The molecule has 0 aliphatic carbocycles. The van der Waals surface area contributed by atoms with Crippen LogP contribution in [0.15, 0.2) is 29.3 Å². The van der Waals surface area contributed by atoms with Gasteiger partial charge >= 0.3 is 0 Å². The molecule has 7 heteroatoms. The van der Waals surface area contributed by atoms with Gasteiger partial charge in [0.25, 0.3) is 0 Å². The number of hydrogen-bond acceptors (Lipinski definition) is 4. The van der Waals surface area contributed by atoms with Gasteiger partial charge < -0.3 is 20.5 Å². The van der Waals surface area contributed by atoms with Gasteiger partial charge in [-0.1, -0.05) is 12.1 Å². The monoisotopic (exact) mass is 495 g/mol. The van der Waals surface area contributed by atoms with E-state index in [4.69, 9.17) is 4.74 Å². The molecule has 150 valence electrons. The number of aliphatic imine (C=N–C) groups is 1. The Morgan fingerprint density at radius 1 is 1.19 bits per heavy atom. The van der Waals surface area contributed by atoms with Crippen LogP contribution in [-0.2, 0) is 0 Å². The van der Waals surface area contributed by atoms with Crippen LogP contribution in [0.2, 0.25) is 0 Å². The molecule has 0 aromatic heterocycles. The van der Waals surface area contributed by atoms with E-state index in [-0.39, 0.29) is 30.1 Å². The first-order valence-corrected chi connectivity index (χ1v) is 10.4. The fourth-order valence-electron chi connectivity index (χ4n) is 2.24. The average Bonchev–Trinajstić information content (AvgIpc) is 2.59. The summed E-state index contributed by atoms with van der Waals surface area (Å²) in [6, 6.07) is 7.55. The molecule has 1 unspecified atom stereocenters. The summed E-state index contributed by atoms with van der Waals surface area (Å²) < 4.78 is 5.62. The number of aliphatic hydroxyl groups excluding tert-OH is 1. The van der Waals surface area contributed by atoms with Crippen LogP contribution in [0.1, 0.15) is 45.3 Å². The number of aliphatic hydroxyl groups is 1. The van der Waals surface area contributed by atoms with Gasteiger partial charge in [-0.05, 0) is 63.3 Å². The van der Waals surface area contributed by atoms with Crippen molar-refractivity contribution in [2.45, 2.75) is 45.8 Å². The summed E-state index contributed by atoms with van der Waals surface area (Å²) >= 11 is 1.87. The molecule has 0 bridgehead atoms. The second-order valence-corrected chi connectivity index (χ2v) is 7.08. The fourth-order valence-corrected chi connectivity index (χ4v) is 2.74. The van der Waals surface area contributed by atoms with Crippen molar-refractivity contribution in [3.63, 3.8) is 0 Å². The third-order valence-corrected chi connectivity index (χ3v) is 4.17. The van der Waals surface area contributed by atoms with E-state index >= 15 is 0 Å². The van der Waals surface area contributed by atoms with Gasteiger partial charge in [-0.2, -0.15) is 11.8 Å². The number of benzene rings is 1. The maximum atomic E-state index is 10.3. The number of ether oxygens (including phenoxy) is 1. The van der Waals surface area contributed by atoms with E-state index in [0.717, 1.165) is 36.8 Å². The zero-order valence-electron chi connectivity index (χ0n) is 16.3. The first-order chi connectivity index (χ1) is 12.1. The van der Waals surface area contributed by atoms with Crippen molar-refractivity contribution in [2.75, 3.05) is 31.6 Å². The predicted molar refractivity (Wildman–Crippen MR) is 124 cm³/mol. The van der Waals surface area contributed by atoms with E-state index < -0.39 is 6.10 Å². The molecule has 0 aliphatic heterocycles. The van der Waals surface area contributed by atoms with Gasteiger partial charge in [0.2, 0.25) is 0 Å². The van der Waals surface area contributed by atoms with Crippen LogP contribution in [0.3, 0.4) is 0 Å². The van der Waals surface area contributed by atoms with Crippen LogP contribution < -0.4 is 15.4 Å². The highest BCUT2D eigenvalue weighted by molar-refractivity contribution is 14.0. The van der Waals surface area contributed by atoms with Crippen molar-refractivity contribution in [3.8, 4) is 5.75 Å². The minimum atomic E-state index is -0.625. The Labute approximate surface area is 179 Å². The van der Waals surface area contributed by atoms with Crippen molar-refractivity contribution in [2.24, 2.45) is 4.99 Å². The van der Waals surface area contributed by atoms with E-state index in [1.165, 1.54) is 12.2 Å². The van der Waals surface area contributed by atoms with Gasteiger partial charge in [0.1, 0.15) is 5.75 Å². The number of halogens is 1. The molecular formula is C19H34IN3O2S. The Kier molecular flexibility index (Phi) is 15.0. The number of guanidine groups is 1. The first-order valence-electron chi connectivity index (χ1n) is 9.02. The summed E-state index contributed by atoms with van der Waals surface area (Å²) in [4.78, 5) is 4.49. The molecule has 0 amide bonds. The van der Waals surface area contributed by atoms with Gasteiger partial charge in [-0.15, -0.1) is 24.0 Å². The molecule has 1 atom stereocenters. The molecule has 1 aromatic carbocycles. The second kappa shape index (κ2) is 15.4. The topological polar surface area (TPSA) is 65.9 Å². The van der Waals surface area contributed by atoms with Crippen LogP contribution in [0.25, 0.3) is 0 Å². The standard InChI is InChI=1S/C19H33N3O2S.HI/c1-5-20-19(21-12-6-7-13-25-4)22-14-18(23)16-8-10-17(11-9-16)24-15(2)3;/h8-11,15,18,23H,5-7,12-14H2,1-4H3,(H2,20,21,22);1H. The molecule has 0 saturated carbocycles. The SMILES string of the molecule is CCNC(=NCC(O)c1ccc(OC(C)C)cc1)NCCCCSC.I. The molecule has 0 heterocycles. The lowest BCUT2D eigenvalue weighted by Gasteiger charge is -2.14. The van der Waals surface area contributed by atoms with Gasteiger partial charge in [-0.25, -0.2) is 0 Å². The van der Waals surface area contributed by atoms with Gasteiger partial charge in [-0.3, -0.25) is 4.99 Å². The highest BCUT2D eigenvalue weighted by Gasteiger charge is 2.08. The zero-order chi connectivity index (χ0) is 18.5. The lowest BCUT2D eigenvalue weighted by molar-refractivity contribution is 0.186. The van der Waals surface area contributed by atoms with Gasteiger partial charge in [0.05, 0.1) is 18.8 Å². The Balaban J connectivity index is 0.00000625. The maximum absolute atomic E-state index is 10.3. The molecular weight excluding hydrogens is 461 g/mol. The molecule has 0 saturated heterocycles. The van der Waals surface area contributed by atoms with E-state index in [1.807, 2.05) is 56.8 Å².